The van der Waals surface area contributed by atoms with Crippen LogP contribution in [0.3, 0.4) is 0 Å². The number of fused-ring (bicyclic) bond motifs is 1. The molecule has 9 heteroatoms. The van der Waals surface area contributed by atoms with Crippen LogP contribution < -0.4 is 5.32 Å². The fourth-order valence-electron chi connectivity index (χ4n) is 2.51. The third kappa shape index (κ3) is 2.94. The van der Waals surface area contributed by atoms with Gasteiger partial charge in [0.1, 0.15) is 12.1 Å². The van der Waals surface area contributed by atoms with E-state index in [2.05, 4.69) is 5.32 Å². The molecule has 1 N–H and O–H groups in total. The van der Waals surface area contributed by atoms with Crippen LogP contribution in [0, 0.1) is 10.1 Å². The monoisotopic (exact) mass is 359 g/mol. The number of para-hydroxylation sites is 1. The third-order valence-corrected chi connectivity index (χ3v) is 3.95. The molecule has 8 nitrogen and oxygen atoms in total. The summed E-state index contributed by atoms with van der Waals surface area (Å²) in [6.45, 7) is -0.575. The van der Waals surface area contributed by atoms with E-state index in [0.717, 1.165) is 6.07 Å². The normalized spacial score (nSPS) is 12.9. The Morgan fingerprint density at radius 3 is 2.52 bits per heavy atom. The van der Waals surface area contributed by atoms with E-state index in [0.29, 0.717) is 15.6 Å². The molecule has 0 spiro atoms. The van der Waals surface area contributed by atoms with E-state index in [1.54, 1.807) is 24.3 Å². The van der Waals surface area contributed by atoms with E-state index in [4.69, 9.17) is 11.6 Å². The van der Waals surface area contributed by atoms with Gasteiger partial charge in [-0.25, -0.2) is 0 Å². The molecule has 2 aromatic carbocycles. The van der Waals surface area contributed by atoms with Crippen molar-refractivity contribution in [3.8, 4) is 0 Å². The number of anilines is 1. The van der Waals surface area contributed by atoms with Gasteiger partial charge >= 0.3 is 0 Å². The lowest BCUT2D eigenvalue weighted by atomic mass is 10.1. The molecule has 0 unspecified atom stereocenters. The van der Waals surface area contributed by atoms with Gasteiger partial charge in [-0.2, -0.15) is 0 Å². The number of nitrogens with one attached hydrogen (secondary N) is 1. The first-order valence-corrected chi connectivity index (χ1v) is 7.46. The second kappa shape index (κ2) is 6.33. The molecule has 3 rings (SSSR count). The van der Waals surface area contributed by atoms with Crippen LogP contribution in [0.1, 0.15) is 20.7 Å². The Hall–Kier alpha value is -3.26. The van der Waals surface area contributed by atoms with Crippen LogP contribution >= 0.6 is 11.6 Å². The van der Waals surface area contributed by atoms with Gasteiger partial charge in [0.15, 0.2) is 0 Å². The summed E-state index contributed by atoms with van der Waals surface area (Å²) < 4.78 is 0. The van der Waals surface area contributed by atoms with Crippen molar-refractivity contribution in [2.24, 2.45) is 0 Å². The predicted octanol–water partition coefficient (Wildman–Crippen LogP) is 2.48. The molecule has 1 aliphatic heterocycles. The van der Waals surface area contributed by atoms with Crippen LogP contribution in [0.2, 0.25) is 5.02 Å². The smallest absolute Gasteiger partial charge is 0.282 e. The minimum Gasteiger partial charge on any atom is -0.323 e. The topological polar surface area (TPSA) is 110 Å². The number of nitro benzene ring substituents is 1. The van der Waals surface area contributed by atoms with Gasteiger partial charge in [-0.1, -0.05) is 29.8 Å². The number of rotatable bonds is 4. The van der Waals surface area contributed by atoms with Crippen LogP contribution in [0.5, 0.6) is 0 Å². The fraction of sp³-hybridized carbons (Fsp3) is 0.0625. The lowest BCUT2D eigenvalue weighted by Gasteiger charge is -2.14. The summed E-state index contributed by atoms with van der Waals surface area (Å²) in [6, 6.07) is 10.2. The number of benzene rings is 2. The first-order valence-electron chi connectivity index (χ1n) is 7.08. The van der Waals surface area contributed by atoms with Crippen LogP contribution in [-0.4, -0.2) is 34.1 Å². The molecular formula is C16H10ClN3O5. The first-order chi connectivity index (χ1) is 11.9. The maximum Gasteiger partial charge on any atom is 0.282 e. The van der Waals surface area contributed by atoms with E-state index in [-0.39, 0.29) is 11.1 Å². The zero-order chi connectivity index (χ0) is 18.1. The van der Waals surface area contributed by atoms with Crippen LogP contribution in [0.15, 0.2) is 42.5 Å². The summed E-state index contributed by atoms with van der Waals surface area (Å²) in [7, 11) is 0. The number of hydrogen-bond acceptors (Lipinski definition) is 5. The second-order valence-electron chi connectivity index (χ2n) is 5.18. The number of hydrogen-bond donors (Lipinski definition) is 1. The Morgan fingerprint density at radius 2 is 1.84 bits per heavy atom. The maximum absolute atomic E-state index is 12.4. The molecule has 2 aromatic rings. The molecule has 126 valence electrons. The highest BCUT2D eigenvalue weighted by atomic mass is 35.5. The highest BCUT2D eigenvalue weighted by molar-refractivity contribution is 6.33. The number of carbonyl (C=O) groups excluding carboxylic acids is 3. The summed E-state index contributed by atoms with van der Waals surface area (Å²) in [5, 5.41) is 13.8. The van der Waals surface area contributed by atoms with E-state index in [1.165, 1.54) is 12.1 Å². The Bertz CT molecular complexity index is 928. The molecule has 0 bridgehead atoms. The molecule has 0 atom stereocenters. The maximum atomic E-state index is 12.4. The third-order valence-electron chi connectivity index (χ3n) is 3.62. The van der Waals surface area contributed by atoms with Gasteiger partial charge in [0.05, 0.1) is 21.2 Å². The fourth-order valence-corrected chi connectivity index (χ4v) is 2.69. The zero-order valence-electron chi connectivity index (χ0n) is 12.6. The van der Waals surface area contributed by atoms with Crippen molar-refractivity contribution in [2.75, 3.05) is 11.9 Å². The largest absolute Gasteiger partial charge is 0.323 e. The Balaban J connectivity index is 1.83. The van der Waals surface area contributed by atoms with Gasteiger partial charge in [0.25, 0.3) is 17.5 Å². The van der Waals surface area contributed by atoms with Gasteiger partial charge < -0.3 is 5.32 Å². The standard InChI is InChI=1S/C16H10ClN3O5/c17-10-5-1-2-6-11(10)18-13(21)8-19-15(22)9-4-3-7-12(20(24)25)14(9)16(19)23/h1-7H,8H2,(H,18,21). The zero-order valence-corrected chi connectivity index (χ0v) is 13.3. The summed E-state index contributed by atoms with van der Waals surface area (Å²) >= 11 is 5.93. The van der Waals surface area contributed by atoms with Crippen LogP contribution in [0.25, 0.3) is 0 Å². The minimum absolute atomic E-state index is 0.0928. The van der Waals surface area contributed by atoms with Crippen LogP contribution in [0.4, 0.5) is 11.4 Å². The predicted molar refractivity (Wildman–Crippen MR) is 88.5 cm³/mol. The molecule has 25 heavy (non-hydrogen) atoms. The van der Waals surface area contributed by atoms with E-state index >= 15 is 0 Å². The van der Waals surface area contributed by atoms with Gasteiger partial charge in [0.2, 0.25) is 5.91 Å². The molecule has 3 amide bonds. The second-order valence-corrected chi connectivity index (χ2v) is 5.59. The van der Waals surface area contributed by atoms with E-state index < -0.39 is 34.9 Å². The van der Waals surface area contributed by atoms with Gasteiger partial charge in [-0.05, 0) is 18.2 Å². The molecule has 1 heterocycles. The molecule has 0 saturated heterocycles. The Kier molecular flexibility index (Phi) is 4.20. The summed E-state index contributed by atoms with van der Waals surface area (Å²) in [6.07, 6.45) is 0. The number of carbonyl (C=O) groups is 3. The Morgan fingerprint density at radius 1 is 1.12 bits per heavy atom. The van der Waals surface area contributed by atoms with Crippen molar-refractivity contribution in [1.29, 1.82) is 0 Å². The van der Waals surface area contributed by atoms with Crippen molar-refractivity contribution in [3.63, 3.8) is 0 Å². The summed E-state index contributed by atoms with van der Waals surface area (Å²) in [4.78, 5) is 47.8. The molecule has 1 aliphatic rings. The minimum atomic E-state index is -0.874. The van der Waals surface area contributed by atoms with Crippen molar-refractivity contribution < 1.29 is 19.3 Å². The van der Waals surface area contributed by atoms with E-state index in [9.17, 15) is 24.5 Å². The quantitative estimate of drug-likeness (QED) is 0.512. The summed E-state index contributed by atoms with van der Waals surface area (Å²) in [5.41, 5.74) is -0.533. The van der Waals surface area contributed by atoms with Crippen molar-refractivity contribution >= 4 is 40.7 Å². The molecule has 0 aliphatic carbocycles. The number of halogens is 1. The highest BCUT2D eigenvalue weighted by Gasteiger charge is 2.41. The molecular weight excluding hydrogens is 350 g/mol. The number of nitro groups is 1. The molecule has 0 aromatic heterocycles. The lowest BCUT2D eigenvalue weighted by Crippen LogP contribution is -2.37. The van der Waals surface area contributed by atoms with Gasteiger partial charge in [-0.3, -0.25) is 29.4 Å². The van der Waals surface area contributed by atoms with Gasteiger partial charge in [0, 0.05) is 6.07 Å². The SMILES string of the molecule is O=C(CN1C(=O)c2cccc([N+](=O)[O-])c2C1=O)Nc1ccccc1Cl. The molecule has 0 radical (unpaired) electrons. The number of imide groups is 1. The van der Waals surface area contributed by atoms with Crippen molar-refractivity contribution in [2.45, 2.75) is 0 Å². The van der Waals surface area contributed by atoms with Crippen molar-refractivity contribution in [3.05, 3.63) is 68.7 Å². The first kappa shape index (κ1) is 16.6. The highest BCUT2D eigenvalue weighted by Crippen LogP contribution is 2.30. The van der Waals surface area contributed by atoms with Crippen molar-refractivity contribution in [1.82, 2.24) is 4.90 Å². The number of amides is 3. The Labute approximate surface area is 146 Å². The number of nitrogens with zero attached hydrogens (tertiary/aromatic N) is 2. The summed E-state index contributed by atoms with van der Waals surface area (Å²) in [5.74, 6) is -2.27. The molecule has 0 saturated carbocycles. The van der Waals surface area contributed by atoms with E-state index in [1.807, 2.05) is 0 Å². The molecule has 0 fully saturated rings. The average Bonchev–Trinajstić information content (AvgIpc) is 2.82. The van der Waals surface area contributed by atoms with Gasteiger partial charge in [-0.15, -0.1) is 0 Å². The van der Waals surface area contributed by atoms with Crippen LogP contribution in [-0.2, 0) is 4.79 Å². The lowest BCUT2D eigenvalue weighted by molar-refractivity contribution is -0.385. The average molecular weight is 360 g/mol.